The first-order chi connectivity index (χ1) is 13.1. The zero-order valence-corrected chi connectivity index (χ0v) is 16.1. The standard InChI is InChI=1S/C18H23F3N2O4S/c19-18(20,21)27-15-5-7-16(8-6-15)28(25,26)23-11-9-22(10-12-23)17(24)13-14-3-1-2-4-14/h5-8,14H,1-4,9-13H2. The number of carbonyl (C=O) groups is 1. The molecule has 156 valence electrons. The van der Waals surface area contributed by atoms with Gasteiger partial charge in [0.15, 0.2) is 0 Å². The second-order valence-electron chi connectivity index (χ2n) is 7.16. The van der Waals surface area contributed by atoms with Crippen LogP contribution in [-0.4, -0.2) is 56.1 Å². The van der Waals surface area contributed by atoms with Crippen molar-refractivity contribution in [2.75, 3.05) is 26.2 Å². The summed E-state index contributed by atoms with van der Waals surface area (Å²) in [6.45, 7) is 0.971. The molecule has 0 unspecified atom stereocenters. The van der Waals surface area contributed by atoms with E-state index in [1.54, 1.807) is 4.90 Å². The molecule has 1 saturated heterocycles. The Balaban J connectivity index is 1.57. The van der Waals surface area contributed by atoms with E-state index < -0.39 is 22.1 Å². The molecule has 0 N–H and O–H groups in total. The van der Waals surface area contributed by atoms with E-state index in [0.717, 1.165) is 49.9 Å². The minimum absolute atomic E-state index is 0.0672. The van der Waals surface area contributed by atoms with Crippen molar-refractivity contribution in [2.24, 2.45) is 5.92 Å². The van der Waals surface area contributed by atoms with Gasteiger partial charge >= 0.3 is 6.36 Å². The molecule has 2 aliphatic rings. The highest BCUT2D eigenvalue weighted by molar-refractivity contribution is 7.89. The Morgan fingerprint density at radius 3 is 2.14 bits per heavy atom. The third-order valence-corrected chi connectivity index (χ3v) is 7.14. The lowest BCUT2D eigenvalue weighted by Gasteiger charge is -2.34. The van der Waals surface area contributed by atoms with Gasteiger partial charge in [-0.05, 0) is 43.0 Å². The SMILES string of the molecule is O=C(CC1CCCC1)N1CCN(S(=O)(=O)c2ccc(OC(F)(F)F)cc2)CC1. The van der Waals surface area contributed by atoms with Gasteiger partial charge in [-0.25, -0.2) is 8.42 Å². The van der Waals surface area contributed by atoms with Crippen LogP contribution in [0.25, 0.3) is 0 Å². The first-order valence-corrected chi connectivity index (χ1v) is 10.7. The second-order valence-corrected chi connectivity index (χ2v) is 9.10. The van der Waals surface area contributed by atoms with Gasteiger partial charge in [0, 0.05) is 32.6 Å². The first kappa shape index (κ1) is 20.9. The third-order valence-electron chi connectivity index (χ3n) is 5.22. The number of sulfonamides is 1. The smallest absolute Gasteiger partial charge is 0.406 e. The maximum Gasteiger partial charge on any atom is 0.573 e. The summed E-state index contributed by atoms with van der Waals surface area (Å²) in [4.78, 5) is 14.0. The van der Waals surface area contributed by atoms with Gasteiger partial charge in [0.1, 0.15) is 5.75 Å². The maximum atomic E-state index is 12.7. The Labute approximate surface area is 162 Å². The fourth-order valence-corrected chi connectivity index (χ4v) is 5.15. The van der Waals surface area contributed by atoms with Gasteiger partial charge in [-0.2, -0.15) is 4.31 Å². The van der Waals surface area contributed by atoms with E-state index in [9.17, 15) is 26.4 Å². The number of ether oxygens (including phenoxy) is 1. The van der Waals surface area contributed by atoms with Crippen molar-refractivity contribution in [3.05, 3.63) is 24.3 Å². The lowest BCUT2D eigenvalue weighted by molar-refractivity contribution is -0.274. The van der Waals surface area contributed by atoms with Gasteiger partial charge in [0.2, 0.25) is 15.9 Å². The predicted octanol–water partition coefficient (Wildman–Crippen LogP) is 3.00. The lowest BCUT2D eigenvalue weighted by atomic mass is 10.0. The highest BCUT2D eigenvalue weighted by Crippen LogP contribution is 2.29. The Morgan fingerprint density at radius 1 is 1.04 bits per heavy atom. The van der Waals surface area contributed by atoms with E-state index in [-0.39, 0.29) is 23.9 Å². The number of piperazine rings is 1. The fourth-order valence-electron chi connectivity index (χ4n) is 3.73. The van der Waals surface area contributed by atoms with Crippen molar-refractivity contribution in [3.8, 4) is 5.75 Å². The minimum Gasteiger partial charge on any atom is -0.406 e. The summed E-state index contributed by atoms with van der Waals surface area (Å²) >= 11 is 0. The molecule has 0 aromatic heterocycles. The average molecular weight is 420 g/mol. The summed E-state index contributed by atoms with van der Waals surface area (Å²) in [5.74, 6) is 0.0260. The molecule has 10 heteroatoms. The molecule has 1 aromatic carbocycles. The molecular weight excluding hydrogens is 397 g/mol. The number of rotatable bonds is 5. The number of alkyl halides is 3. The van der Waals surface area contributed by atoms with Crippen LogP contribution in [0.5, 0.6) is 5.75 Å². The van der Waals surface area contributed by atoms with Crippen molar-refractivity contribution in [1.82, 2.24) is 9.21 Å². The highest BCUT2D eigenvalue weighted by atomic mass is 32.2. The molecule has 0 radical (unpaired) electrons. The summed E-state index contributed by atoms with van der Waals surface area (Å²) in [5.41, 5.74) is 0. The van der Waals surface area contributed by atoms with E-state index in [4.69, 9.17) is 0 Å². The zero-order chi connectivity index (χ0) is 20.4. The van der Waals surface area contributed by atoms with E-state index in [0.29, 0.717) is 25.4 Å². The van der Waals surface area contributed by atoms with Crippen LogP contribution < -0.4 is 4.74 Å². The molecule has 6 nitrogen and oxygen atoms in total. The fraction of sp³-hybridized carbons (Fsp3) is 0.611. The molecule has 1 aromatic rings. The summed E-state index contributed by atoms with van der Waals surface area (Å²) < 4.78 is 67.1. The Bertz CT molecular complexity index is 782. The van der Waals surface area contributed by atoms with Crippen LogP contribution in [0.1, 0.15) is 32.1 Å². The topological polar surface area (TPSA) is 66.9 Å². The molecule has 1 aliphatic heterocycles. The Morgan fingerprint density at radius 2 is 1.61 bits per heavy atom. The molecule has 1 aliphatic carbocycles. The first-order valence-electron chi connectivity index (χ1n) is 9.29. The van der Waals surface area contributed by atoms with Gasteiger partial charge in [-0.1, -0.05) is 12.8 Å². The van der Waals surface area contributed by atoms with Gasteiger partial charge in [0.25, 0.3) is 0 Å². The maximum absolute atomic E-state index is 12.7. The van der Waals surface area contributed by atoms with E-state index in [1.165, 1.54) is 4.31 Å². The van der Waals surface area contributed by atoms with Gasteiger partial charge in [-0.3, -0.25) is 4.79 Å². The van der Waals surface area contributed by atoms with Crippen LogP contribution in [0.4, 0.5) is 13.2 Å². The molecule has 1 saturated carbocycles. The largest absolute Gasteiger partial charge is 0.573 e. The van der Waals surface area contributed by atoms with E-state index >= 15 is 0 Å². The highest BCUT2D eigenvalue weighted by Gasteiger charge is 2.33. The normalized spacial score (nSPS) is 19.8. The van der Waals surface area contributed by atoms with Crippen molar-refractivity contribution >= 4 is 15.9 Å². The number of hydrogen-bond acceptors (Lipinski definition) is 4. The summed E-state index contributed by atoms with van der Waals surface area (Å²) in [7, 11) is -3.84. The van der Waals surface area contributed by atoms with Crippen LogP contribution in [0.3, 0.4) is 0 Å². The van der Waals surface area contributed by atoms with Gasteiger partial charge in [0.05, 0.1) is 4.90 Å². The van der Waals surface area contributed by atoms with Crippen LogP contribution in [0, 0.1) is 5.92 Å². The number of halogens is 3. The molecule has 1 heterocycles. The van der Waals surface area contributed by atoms with Crippen LogP contribution in [-0.2, 0) is 14.8 Å². The zero-order valence-electron chi connectivity index (χ0n) is 15.3. The molecule has 0 bridgehead atoms. The number of amides is 1. The minimum atomic E-state index is -4.83. The molecule has 2 fully saturated rings. The molecule has 3 rings (SSSR count). The predicted molar refractivity (Wildman–Crippen MR) is 95.0 cm³/mol. The molecular formula is C18H23F3N2O4S. The molecule has 1 amide bonds. The van der Waals surface area contributed by atoms with Crippen LogP contribution >= 0.6 is 0 Å². The number of carbonyl (C=O) groups excluding carboxylic acids is 1. The van der Waals surface area contributed by atoms with Crippen molar-refractivity contribution < 1.29 is 31.1 Å². The monoisotopic (exact) mass is 420 g/mol. The number of nitrogens with zero attached hydrogens (tertiary/aromatic N) is 2. The van der Waals surface area contributed by atoms with Gasteiger partial charge < -0.3 is 9.64 Å². The molecule has 0 atom stereocenters. The van der Waals surface area contributed by atoms with Crippen molar-refractivity contribution in [2.45, 2.75) is 43.4 Å². The lowest BCUT2D eigenvalue weighted by Crippen LogP contribution is -2.50. The number of hydrogen-bond donors (Lipinski definition) is 0. The van der Waals surface area contributed by atoms with Crippen molar-refractivity contribution in [3.63, 3.8) is 0 Å². The summed E-state index contributed by atoms with van der Waals surface area (Å²) in [5, 5.41) is 0. The van der Waals surface area contributed by atoms with E-state index in [1.807, 2.05) is 0 Å². The van der Waals surface area contributed by atoms with Crippen LogP contribution in [0.2, 0.25) is 0 Å². The second kappa shape index (κ2) is 8.28. The molecule has 0 spiro atoms. The number of benzene rings is 1. The average Bonchev–Trinajstić information content (AvgIpc) is 3.14. The third kappa shape index (κ3) is 5.16. The van der Waals surface area contributed by atoms with Crippen LogP contribution in [0.15, 0.2) is 29.2 Å². The Hall–Kier alpha value is -1.81. The van der Waals surface area contributed by atoms with E-state index in [2.05, 4.69) is 4.74 Å². The Kier molecular flexibility index (Phi) is 6.18. The summed E-state index contributed by atoms with van der Waals surface area (Å²) in [6, 6.07) is 4.13. The van der Waals surface area contributed by atoms with Crippen molar-refractivity contribution in [1.29, 1.82) is 0 Å². The summed E-state index contributed by atoms with van der Waals surface area (Å²) in [6.07, 6.45) is 0.172. The molecule has 28 heavy (non-hydrogen) atoms. The van der Waals surface area contributed by atoms with Gasteiger partial charge in [-0.15, -0.1) is 13.2 Å². The quantitative estimate of drug-likeness (QED) is 0.735.